The fourth-order valence-corrected chi connectivity index (χ4v) is 2.76. The number of nitro groups is 1. The van der Waals surface area contributed by atoms with Crippen molar-refractivity contribution in [3.8, 4) is 0 Å². The molecule has 118 valence electrons. The van der Waals surface area contributed by atoms with Gasteiger partial charge in [-0.1, -0.05) is 12.1 Å². The highest BCUT2D eigenvalue weighted by molar-refractivity contribution is 5.85. The van der Waals surface area contributed by atoms with Gasteiger partial charge in [0.25, 0.3) is 5.69 Å². The number of benzene rings is 1. The second kappa shape index (κ2) is 8.97. The van der Waals surface area contributed by atoms with E-state index in [-0.39, 0.29) is 23.0 Å². The average Bonchev–Trinajstić information content (AvgIpc) is 2.46. The van der Waals surface area contributed by atoms with Crippen LogP contribution in [0.25, 0.3) is 0 Å². The van der Waals surface area contributed by atoms with Crippen LogP contribution in [-0.2, 0) is 6.42 Å². The first-order chi connectivity index (χ1) is 9.65. The zero-order chi connectivity index (χ0) is 14.4. The van der Waals surface area contributed by atoms with Crippen LogP contribution in [0.1, 0.15) is 18.4 Å². The first-order valence-electron chi connectivity index (χ1n) is 7.28. The lowest BCUT2D eigenvalue weighted by atomic mass is 9.99. The van der Waals surface area contributed by atoms with Gasteiger partial charge in [0.2, 0.25) is 0 Å². The van der Waals surface area contributed by atoms with Gasteiger partial charge in [-0.2, -0.15) is 0 Å². The topological polar surface area (TPSA) is 58.4 Å². The van der Waals surface area contributed by atoms with Gasteiger partial charge in [0.15, 0.2) is 0 Å². The molecule has 0 amide bonds. The maximum atomic E-state index is 10.7. The van der Waals surface area contributed by atoms with E-state index in [9.17, 15) is 10.1 Å². The van der Waals surface area contributed by atoms with E-state index >= 15 is 0 Å². The van der Waals surface area contributed by atoms with E-state index in [1.165, 1.54) is 12.8 Å². The third-order valence-corrected chi connectivity index (χ3v) is 3.87. The Morgan fingerprint density at radius 3 is 2.95 bits per heavy atom. The van der Waals surface area contributed by atoms with Crippen LogP contribution in [0.3, 0.4) is 0 Å². The van der Waals surface area contributed by atoms with Crippen molar-refractivity contribution >= 4 is 18.1 Å². The maximum absolute atomic E-state index is 10.7. The molecule has 0 spiro atoms. The molecule has 0 aromatic heterocycles. The predicted molar refractivity (Wildman–Crippen MR) is 87.1 cm³/mol. The number of nitro benzene ring substituents is 1. The van der Waals surface area contributed by atoms with E-state index in [0.717, 1.165) is 44.1 Å². The number of rotatable bonds is 6. The van der Waals surface area contributed by atoms with Crippen LogP contribution in [0.2, 0.25) is 0 Å². The molecular weight excluding hydrogens is 290 g/mol. The van der Waals surface area contributed by atoms with E-state index in [4.69, 9.17) is 0 Å². The van der Waals surface area contributed by atoms with Crippen LogP contribution >= 0.6 is 12.4 Å². The Morgan fingerprint density at radius 1 is 1.48 bits per heavy atom. The lowest BCUT2D eigenvalue weighted by Crippen LogP contribution is -2.37. The molecule has 6 heteroatoms. The molecule has 1 atom stereocenters. The molecule has 1 N–H and O–H groups in total. The van der Waals surface area contributed by atoms with Crippen molar-refractivity contribution in [2.75, 3.05) is 33.2 Å². The van der Waals surface area contributed by atoms with Crippen molar-refractivity contribution in [3.63, 3.8) is 0 Å². The monoisotopic (exact) mass is 313 g/mol. The smallest absolute Gasteiger partial charge is 0.269 e. The number of piperidine rings is 1. The number of likely N-dealkylation sites (N-methyl/N-ethyl adjacent to an activating group) is 1. The molecule has 21 heavy (non-hydrogen) atoms. The van der Waals surface area contributed by atoms with Gasteiger partial charge in [0.05, 0.1) is 4.92 Å². The van der Waals surface area contributed by atoms with E-state index in [1.807, 2.05) is 6.07 Å². The molecule has 0 bridgehead atoms. The molecule has 2 rings (SSSR count). The molecular formula is C15H24ClN3O2. The van der Waals surface area contributed by atoms with Gasteiger partial charge in [-0.3, -0.25) is 10.1 Å². The minimum Gasteiger partial charge on any atom is -0.316 e. The number of hydrogen-bond acceptors (Lipinski definition) is 4. The van der Waals surface area contributed by atoms with Gasteiger partial charge in [-0.25, -0.2) is 0 Å². The van der Waals surface area contributed by atoms with Gasteiger partial charge < -0.3 is 10.2 Å². The maximum Gasteiger partial charge on any atom is 0.269 e. The number of nitrogens with zero attached hydrogens (tertiary/aromatic N) is 2. The zero-order valence-corrected chi connectivity index (χ0v) is 13.3. The van der Waals surface area contributed by atoms with Gasteiger partial charge in [-0.05, 0) is 50.9 Å². The van der Waals surface area contributed by atoms with Crippen molar-refractivity contribution < 1.29 is 4.92 Å². The minimum absolute atomic E-state index is 0. The molecule has 1 aromatic carbocycles. The molecule has 1 saturated heterocycles. The van der Waals surface area contributed by atoms with Crippen molar-refractivity contribution in [1.82, 2.24) is 10.2 Å². The lowest BCUT2D eigenvalue weighted by molar-refractivity contribution is -0.384. The molecule has 1 aromatic rings. The number of non-ortho nitro benzene ring substituents is 1. The highest BCUT2D eigenvalue weighted by Gasteiger charge is 2.15. The fraction of sp³-hybridized carbons (Fsp3) is 0.600. The summed E-state index contributed by atoms with van der Waals surface area (Å²) in [4.78, 5) is 12.7. The molecule has 1 aliphatic rings. The van der Waals surface area contributed by atoms with Crippen molar-refractivity contribution in [3.05, 3.63) is 39.9 Å². The van der Waals surface area contributed by atoms with Crippen molar-refractivity contribution in [1.29, 1.82) is 0 Å². The third-order valence-electron chi connectivity index (χ3n) is 3.87. The highest BCUT2D eigenvalue weighted by atomic mass is 35.5. The van der Waals surface area contributed by atoms with Crippen LogP contribution in [0.15, 0.2) is 24.3 Å². The van der Waals surface area contributed by atoms with Crippen molar-refractivity contribution in [2.45, 2.75) is 19.3 Å². The molecule has 1 fully saturated rings. The lowest BCUT2D eigenvalue weighted by Gasteiger charge is -2.27. The zero-order valence-electron chi connectivity index (χ0n) is 12.5. The Kier molecular flexibility index (Phi) is 7.64. The summed E-state index contributed by atoms with van der Waals surface area (Å²) in [6.07, 6.45) is 3.43. The first kappa shape index (κ1) is 17.9. The van der Waals surface area contributed by atoms with Gasteiger partial charge in [-0.15, -0.1) is 12.4 Å². The normalized spacial score (nSPS) is 18.3. The Bertz CT molecular complexity index is 450. The number of hydrogen-bond donors (Lipinski definition) is 1. The summed E-state index contributed by atoms with van der Waals surface area (Å²) in [7, 11) is 2.13. The van der Waals surface area contributed by atoms with Gasteiger partial charge in [0, 0.05) is 25.2 Å². The molecule has 0 radical (unpaired) electrons. The Morgan fingerprint density at radius 2 is 2.29 bits per heavy atom. The second-order valence-electron chi connectivity index (χ2n) is 5.65. The molecule has 5 nitrogen and oxygen atoms in total. The summed E-state index contributed by atoms with van der Waals surface area (Å²) < 4.78 is 0. The summed E-state index contributed by atoms with van der Waals surface area (Å²) in [5, 5.41) is 14.2. The quantitative estimate of drug-likeness (QED) is 0.647. The molecule has 1 unspecified atom stereocenters. The van der Waals surface area contributed by atoms with E-state index in [2.05, 4.69) is 17.3 Å². The van der Waals surface area contributed by atoms with Crippen LogP contribution in [-0.4, -0.2) is 43.0 Å². The molecule has 0 saturated carbocycles. The SMILES string of the molecule is CN(CCc1cccc([N+](=O)[O-])c1)CC1CCCNC1.Cl. The first-order valence-corrected chi connectivity index (χ1v) is 7.28. The molecule has 1 heterocycles. The molecule has 0 aliphatic carbocycles. The summed E-state index contributed by atoms with van der Waals surface area (Å²) >= 11 is 0. The van der Waals surface area contributed by atoms with Crippen LogP contribution < -0.4 is 5.32 Å². The van der Waals surface area contributed by atoms with Gasteiger partial charge in [0.1, 0.15) is 0 Å². The minimum atomic E-state index is -0.332. The van der Waals surface area contributed by atoms with Crippen LogP contribution in [0.4, 0.5) is 5.69 Å². The van der Waals surface area contributed by atoms with Gasteiger partial charge >= 0.3 is 0 Å². The van der Waals surface area contributed by atoms with Crippen LogP contribution in [0.5, 0.6) is 0 Å². The Balaban J connectivity index is 0.00000220. The predicted octanol–water partition coefficient (Wildman–Crippen LogP) is 2.49. The van der Waals surface area contributed by atoms with E-state index in [0.29, 0.717) is 0 Å². The average molecular weight is 314 g/mol. The largest absolute Gasteiger partial charge is 0.316 e. The van der Waals surface area contributed by atoms with Crippen LogP contribution in [0, 0.1) is 16.0 Å². The second-order valence-corrected chi connectivity index (χ2v) is 5.65. The third kappa shape index (κ3) is 5.99. The van der Waals surface area contributed by atoms with E-state index < -0.39 is 0 Å². The summed E-state index contributed by atoms with van der Waals surface area (Å²) in [5.74, 6) is 0.735. The Hall–Kier alpha value is -1.17. The summed E-state index contributed by atoms with van der Waals surface area (Å²) in [6.45, 7) is 4.30. The molecule has 1 aliphatic heterocycles. The fourth-order valence-electron chi connectivity index (χ4n) is 2.76. The summed E-state index contributed by atoms with van der Waals surface area (Å²) in [6, 6.07) is 6.94. The number of nitrogens with one attached hydrogen (secondary N) is 1. The standard InChI is InChI=1S/C15H23N3O2.ClH/c1-17(12-14-5-3-8-16-11-14)9-7-13-4-2-6-15(10-13)18(19)20;/h2,4,6,10,14,16H,3,5,7-9,11-12H2,1H3;1H. The number of halogens is 1. The Labute approximate surface area is 132 Å². The summed E-state index contributed by atoms with van der Waals surface area (Å²) in [5.41, 5.74) is 1.22. The van der Waals surface area contributed by atoms with E-state index in [1.54, 1.807) is 18.2 Å². The highest BCUT2D eigenvalue weighted by Crippen LogP contribution is 2.15. The van der Waals surface area contributed by atoms with Crippen molar-refractivity contribution in [2.24, 2.45) is 5.92 Å².